The van der Waals surface area contributed by atoms with Crippen LogP contribution in [-0.4, -0.2) is 40.5 Å². The number of nitrogens with one attached hydrogen (secondary N) is 2. The average molecular weight is 452 g/mol. The van der Waals surface area contributed by atoms with E-state index < -0.39 is 0 Å². The van der Waals surface area contributed by atoms with Crippen LogP contribution in [0.1, 0.15) is 5.56 Å². The first-order valence-corrected chi connectivity index (χ1v) is 10.7. The number of hydrogen-bond acceptors (Lipinski definition) is 8. The number of aryl methyl sites for hydroxylation is 2. The topological polar surface area (TPSA) is 107 Å². The lowest BCUT2D eigenvalue weighted by atomic mass is 10.1. The van der Waals surface area contributed by atoms with E-state index in [-0.39, 0.29) is 12.3 Å². The maximum absolute atomic E-state index is 8.20. The number of aromatic amines is 1. The molecule has 0 spiro atoms. The van der Waals surface area contributed by atoms with Crippen LogP contribution in [0.2, 0.25) is 0 Å². The summed E-state index contributed by atoms with van der Waals surface area (Å²) < 4.78 is 23.6. The Bertz CT molecular complexity index is 1350. The van der Waals surface area contributed by atoms with Crippen LogP contribution in [0.5, 0.6) is 23.0 Å². The fourth-order valence-corrected chi connectivity index (χ4v) is 4.41. The first kappa shape index (κ1) is 20.3. The second-order valence-electron chi connectivity index (χ2n) is 7.08. The number of ether oxygens (including phenoxy) is 4. The Morgan fingerprint density at radius 2 is 2.00 bits per heavy atom. The van der Waals surface area contributed by atoms with Crippen molar-refractivity contribution < 1.29 is 18.9 Å². The SMILES string of the molecule is COc1ccc(OC)c(Sc2nc3c([nH]2)c(=N)ncn3CCc2ccc3c(c2)OCO3)c1. The molecule has 2 aromatic carbocycles. The van der Waals surface area contributed by atoms with E-state index in [1.54, 1.807) is 20.5 Å². The van der Waals surface area contributed by atoms with E-state index in [2.05, 4.69) is 9.97 Å². The highest BCUT2D eigenvalue weighted by molar-refractivity contribution is 7.99. The van der Waals surface area contributed by atoms with Crippen molar-refractivity contribution in [3.8, 4) is 23.0 Å². The third-order valence-corrected chi connectivity index (χ3v) is 6.08. The quantitative estimate of drug-likeness (QED) is 0.444. The highest BCUT2D eigenvalue weighted by Crippen LogP contribution is 2.36. The molecule has 164 valence electrons. The van der Waals surface area contributed by atoms with Crippen LogP contribution in [0.3, 0.4) is 0 Å². The lowest BCUT2D eigenvalue weighted by molar-refractivity contribution is 0.174. The molecular formula is C22H21N5O4S. The summed E-state index contributed by atoms with van der Waals surface area (Å²) in [6.45, 7) is 0.912. The Hall–Kier alpha value is -3.66. The summed E-state index contributed by atoms with van der Waals surface area (Å²) >= 11 is 1.41. The minimum Gasteiger partial charge on any atom is -0.497 e. The lowest BCUT2D eigenvalue weighted by Crippen LogP contribution is -2.13. The van der Waals surface area contributed by atoms with Crippen molar-refractivity contribution in [2.45, 2.75) is 23.0 Å². The summed E-state index contributed by atoms with van der Waals surface area (Å²) in [6, 6.07) is 11.5. The molecule has 0 radical (unpaired) electrons. The summed E-state index contributed by atoms with van der Waals surface area (Å²) in [6.07, 6.45) is 2.41. The third-order valence-electron chi connectivity index (χ3n) is 5.15. The molecule has 0 atom stereocenters. The van der Waals surface area contributed by atoms with Crippen LogP contribution in [0.25, 0.3) is 11.2 Å². The molecule has 32 heavy (non-hydrogen) atoms. The van der Waals surface area contributed by atoms with Crippen molar-refractivity contribution in [1.29, 1.82) is 5.41 Å². The smallest absolute Gasteiger partial charge is 0.231 e. The molecule has 4 aromatic rings. The van der Waals surface area contributed by atoms with Crippen LogP contribution in [0.15, 0.2) is 52.8 Å². The fraction of sp³-hybridized carbons (Fsp3) is 0.227. The standard InChI is InChI=1S/C22H21N5O4S/c1-28-14-4-6-16(29-2)18(10-14)32-22-25-19-20(23)24-11-27(21(19)26-22)8-7-13-3-5-15-17(9-13)31-12-30-15/h3-6,9-11,23H,7-8,12H2,1-2H3,(H,25,26). The number of H-pyrrole nitrogens is 1. The Morgan fingerprint density at radius 1 is 1.12 bits per heavy atom. The van der Waals surface area contributed by atoms with Gasteiger partial charge in [0.1, 0.15) is 17.0 Å². The highest BCUT2D eigenvalue weighted by Gasteiger charge is 2.15. The van der Waals surface area contributed by atoms with E-state index in [9.17, 15) is 0 Å². The van der Waals surface area contributed by atoms with Gasteiger partial charge in [0.05, 0.1) is 25.4 Å². The van der Waals surface area contributed by atoms with Gasteiger partial charge in [-0.1, -0.05) is 6.07 Å². The number of fused-ring (bicyclic) bond motifs is 2. The number of benzene rings is 2. The maximum Gasteiger partial charge on any atom is 0.231 e. The number of methoxy groups -OCH3 is 2. The Kier molecular flexibility index (Phi) is 5.36. The predicted octanol–water partition coefficient (Wildman–Crippen LogP) is 3.38. The highest BCUT2D eigenvalue weighted by atomic mass is 32.2. The van der Waals surface area contributed by atoms with Crippen LogP contribution in [0.4, 0.5) is 0 Å². The number of aromatic nitrogens is 4. The van der Waals surface area contributed by atoms with Gasteiger partial charge in [-0.15, -0.1) is 0 Å². The largest absolute Gasteiger partial charge is 0.497 e. The summed E-state index contributed by atoms with van der Waals surface area (Å²) in [5, 5.41) is 8.84. The van der Waals surface area contributed by atoms with Gasteiger partial charge in [-0.25, -0.2) is 9.97 Å². The summed E-state index contributed by atoms with van der Waals surface area (Å²) in [7, 11) is 3.25. The number of imidazole rings is 1. The number of hydrogen-bond donors (Lipinski definition) is 2. The first-order chi connectivity index (χ1) is 15.6. The van der Waals surface area contributed by atoms with Crippen molar-refractivity contribution in [2.24, 2.45) is 0 Å². The molecular weight excluding hydrogens is 430 g/mol. The molecule has 3 heterocycles. The molecule has 0 aliphatic carbocycles. The zero-order valence-electron chi connectivity index (χ0n) is 17.5. The predicted molar refractivity (Wildman–Crippen MR) is 118 cm³/mol. The van der Waals surface area contributed by atoms with E-state index in [0.29, 0.717) is 22.9 Å². The van der Waals surface area contributed by atoms with Crippen molar-refractivity contribution in [1.82, 2.24) is 19.5 Å². The van der Waals surface area contributed by atoms with Gasteiger partial charge in [-0.2, -0.15) is 0 Å². The molecule has 5 rings (SSSR count). The van der Waals surface area contributed by atoms with Crippen molar-refractivity contribution in [2.75, 3.05) is 21.0 Å². The minimum atomic E-state index is 0.149. The molecule has 0 amide bonds. The van der Waals surface area contributed by atoms with Gasteiger partial charge in [0.25, 0.3) is 0 Å². The van der Waals surface area contributed by atoms with E-state index in [1.165, 1.54) is 11.8 Å². The summed E-state index contributed by atoms with van der Waals surface area (Å²) in [5.74, 6) is 2.98. The number of rotatable bonds is 7. The molecule has 10 heteroatoms. The van der Waals surface area contributed by atoms with Gasteiger partial charge >= 0.3 is 0 Å². The van der Waals surface area contributed by atoms with Gasteiger partial charge in [0.2, 0.25) is 6.79 Å². The average Bonchev–Trinajstić information content (AvgIpc) is 3.45. The lowest BCUT2D eigenvalue weighted by Gasteiger charge is -2.08. The normalized spacial score (nSPS) is 12.3. The third kappa shape index (κ3) is 3.84. The summed E-state index contributed by atoms with van der Waals surface area (Å²) in [5.41, 5.74) is 2.53. The van der Waals surface area contributed by atoms with Crippen LogP contribution < -0.4 is 24.4 Å². The molecule has 2 N–H and O–H groups in total. The van der Waals surface area contributed by atoms with Gasteiger partial charge < -0.3 is 28.5 Å². The molecule has 0 fully saturated rings. The second-order valence-corrected chi connectivity index (χ2v) is 8.11. The van der Waals surface area contributed by atoms with Crippen molar-refractivity contribution in [3.63, 3.8) is 0 Å². The molecule has 0 saturated carbocycles. The monoisotopic (exact) mass is 451 g/mol. The van der Waals surface area contributed by atoms with Crippen LogP contribution in [0, 0.1) is 5.41 Å². The zero-order chi connectivity index (χ0) is 22.1. The number of nitrogens with zero attached hydrogens (tertiary/aromatic N) is 3. The van der Waals surface area contributed by atoms with Crippen LogP contribution >= 0.6 is 11.8 Å². The Balaban J connectivity index is 1.42. The molecule has 9 nitrogen and oxygen atoms in total. The molecule has 2 aromatic heterocycles. The van der Waals surface area contributed by atoms with Crippen LogP contribution in [-0.2, 0) is 13.0 Å². The fourth-order valence-electron chi connectivity index (χ4n) is 3.49. The Morgan fingerprint density at radius 3 is 2.84 bits per heavy atom. The van der Waals surface area contributed by atoms with Crippen molar-refractivity contribution >= 4 is 22.9 Å². The molecule has 0 bridgehead atoms. The van der Waals surface area contributed by atoms with Gasteiger partial charge in [0, 0.05) is 6.54 Å². The molecule has 0 saturated heterocycles. The molecule has 1 aliphatic heterocycles. The van der Waals surface area contributed by atoms with E-state index >= 15 is 0 Å². The van der Waals surface area contributed by atoms with Crippen molar-refractivity contribution in [3.05, 3.63) is 53.8 Å². The zero-order valence-corrected chi connectivity index (χ0v) is 18.4. The minimum absolute atomic E-state index is 0.149. The molecule has 1 aliphatic rings. The Labute approximate surface area is 187 Å². The van der Waals surface area contributed by atoms with Gasteiger partial charge in [-0.05, 0) is 54.1 Å². The van der Waals surface area contributed by atoms with E-state index in [4.69, 9.17) is 29.3 Å². The van der Waals surface area contributed by atoms with Gasteiger partial charge in [-0.3, -0.25) is 5.41 Å². The second kappa shape index (κ2) is 8.46. The maximum atomic E-state index is 8.20. The molecule has 0 unspecified atom stereocenters. The van der Waals surface area contributed by atoms with E-state index in [0.717, 1.165) is 39.9 Å². The summed E-state index contributed by atoms with van der Waals surface area (Å²) in [4.78, 5) is 13.0. The first-order valence-electron chi connectivity index (χ1n) is 9.93. The van der Waals surface area contributed by atoms with Gasteiger partial charge in [0.15, 0.2) is 27.8 Å². The van der Waals surface area contributed by atoms with E-state index in [1.807, 2.05) is 41.0 Å².